The fourth-order valence-corrected chi connectivity index (χ4v) is 2.03. The van der Waals surface area contributed by atoms with Crippen molar-refractivity contribution >= 4 is 23.2 Å². The number of carbonyl (C=O) groups excluding carboxylic acids is 1. The van der Waals surface area contributed by atoms with Gasteiger partial charge in [-0.25, -0.2) is 9.78 Å². The Hall–Kier alpha value is -2.96. The van der Waals surface area contributed by atoms with E-state index in [0.717, 1.165) is 12.2 Å². The zero-order valence-corrected chi connectivity index (χ0v) is 14.9. The molecule has 0 bridgehead atoms. The largest absolute Gasteiger partial charge is 0.444 e. The van der Waals surface area contributed by atoms with E-state index >= 15 is 0 Å². The third kappa shape index (κ3) is 5.87. The van der Waals surface area contributed by atoms with E-state index in [1.54, 1.807) is 51.1 Å². The topological polar surface area (TPSA) is 98.5 Å². The predicted molar refractivity (Wildman–Crippen MR) is 99.2 cm³/mol. The standard InChI is InChI=1S/C18H24N4O3/c1-5-20-15-10-16(21-11-14(15)19)24-13-8-6-7-12(9-13)22-17(23)25-18(2,3)4/h6-11H,5,19H2,1-4H3,(H,20,21)(H,22,23). The molecule has 1 aromatic heterocycles. The third-order valence-corrected chi connectivity index (χ3v) is 2.98. The molecule has 0 spiro atoms. The Balaban J connectivity index is 2.09. The van der Waals surface area contributed by atoms with Gasteiger partial charge in [0.1, 0.15) is 11.4 Å². The van der Waals surface area contributed by atoms with Gasteiger partial charge in [0.15, 0.2) is 0 Å². The number of nitrogens with two attached hydrogens (primary N) is 1. The summed E-state index contributed by atoms with van der Waals surface area (Å²) >= 11 is 0. The first-order valence-electron chi connectivity index (χ1n) is 8.04. The van der Waals surface area contributed by atoms with Crippen LogP contribution < -0.4 is 21.1 Å². The lowest BCUT2D eigenvalue weighted by molar-refractivity contribution is 0.0636. The van der Waals surface area contributed by atoms with E-state index in [1.165, 1.54) is 6.20 Å². The number of hydrogen-bond donors (Lipinski definition) is 3. The third-order valence-electron chi connectivity index (χ3n) is 2.98. The highest BCUT2D eigenvalue weighted by molar-refractivity contribution is 5.85. The summed E-state index contributed by atoms with van der Waals surface area (Å²) in [6.07, 6.45) is 1.01. The van der Waals surface area contributed by atoms with E-state index < -0.39 is 11.7 Å². The molecule has 2 rings (SSSR count). The molecule has 2 aromatic rings. The summed E-state index contributed by atoms with van der Waals surface area (Å²) in [5.41, 5.74) is 7.17. The number of nitrogens with one attached hydrogen (secondary N) is 2. The molecule has 1 heterocycles. The molecule has 0 aliphatic carbocycles. The van der Waals surface area contributed by atoms with Gasteiger partial charge < -0.3 is 20.5 Å². The van der Waals surface area contributed by atoms with Gasteiger partial charge in [-0.05, 0) is 39.8 Å². The molecule has 7 nitrogen and oxygen atoms in total. The first-order chi connectivity index (χ1) is 11.8. The molecule has 7 heteroatoms. The van der Waals surface area contributed by atoms with Crippen LogP contribution in [-0.4, -0.2) is 23.2 Å². The number of ether oxygens (including phenoxy) is 2. The SMILES string of the molecule is CCNc1cc(Oc2cccc(NC(=O)OC(C)(C)C)c2)ncc1N. The number of carbonyl (C=O) groups is 1. The van der Waals surface area contributed by atoms with Gasteiger partial charge in [-0.3, -0.25) is 5.32 Å². The van der Waals surface area contributed by atoms with Crippen LogP contribution in [0.1, 0.15) is 27.7 Å². The summed E-state index contributed by atoms with van der Waals surface area (Å²) in [4.78, 5) is 16.0. The van der Waals surface area contributed by atoms with Crippen LogP contribution in [0.4, 0.5) is 21.9 Å². The van der Waals surface area contributed by atoms with Crippen molar-refractivity contribution in [3.63, 3.8) is 0 Å². The van der Waals surface area contributed by atoms with Crippen molar-refractivity contribution in [2.24, 2.45) is 0 Å². The number of benzene rings is 1. The van der Waals surface area contributed by atoms with Crippen LogP contribution in [0.2, 0.25) is 0 Å². The average Bonchev–Trinajstić information content (AvgIpc) is 2.49. The molecule has 0 atom stereocenters. The van der Waals surface area contributed by atoms with Crippen LogP contribution in [0.25, 0.3) is 0 Å². The maximum atomic E-state index is 11.8. The van der Waals surface area contributed by atoms with Crippen LogP contribution in [0.3, 0.4) is 0 Å². The molecule has 0 radical (unpaired) electrons. The van der Waals surface area contributed by atoms with Gasteiger partial charge in [-0.1, -0.05) is 6.07 Å². The lowest BCUT2D eigenvalue weighted by Gasteiger charge is -2.19. The number of amides is 1. The minimum Gasteiger partial charge on any atom is -0.444 e. The number of pyridine rings is 1. The van der Waals surface area contributed by atoms with E-state index in [2.05, 4.69) is 15.6 Å². The molecule has 0 unspecified atom stereocenters. The Labute approximate surface area is 147 Å². The molecule has 1 amide bonds. The van der Waals surface area contributed by atoms with E-state index in [0.29, 0.717) is 23.0 Å². The Morgan fingerprint density at radius 3 is 2.72 bits per heavy atom. The van der Waals surface area contributed by atoms with Crippen LogP contribution >= 0.6 is 0 Å². The molecule has 0 aliphatic rings. The average molecular weight is 344 g/mol. The smallest absolute Gasteiger partial charge is 0.412 e. The van der Waals surface area contributed by atoms with Crippen molar-refractivity contribution < 1.29 is 14.3 Å². The fourth-order valence-electron chi connectivity index (χ4n) is 2.03. The van der Waals surface area contributed by atoms with Crippen molar-refractivity contribution in [2.75, 3.05) is 22.9 Å². The summed E-state index contributed by atoms with van der Waals surface area (Å²) in [5.74, 6) is 0.938. The number of anilines is 3. The number of hydrogen-bond acceptors (Lipinski definition) is 6. The number of nitrogens with zero attached hydrogens (tertiary/aromatic N) is 1. The molecule has 0 saturated heterocycles. The van der Waals surface area contributed by atoms with Gasteiger partial charge in [0, 0.05) is 24.4 Å². The van der Waals surface area contributed by atoms with E-state index in [9.17, 15) is 4.79 Å². The van der Waals surface area contributed by atoms with Crippen LogP contribution in [0, 0.1) is 0 Å². The van der Waals surface area contributed by atoms with Crippen molar-refractivity contribution in [3.8, 4) is 11.6 Å². The second-order valence-electron chi connectivity index (χ2n) is 6.40. The number of rotatable bonds is 5. The number of aromatic nitrogens is 1. The first kappa shape index (κ1) is 18.4. The van der Waals surface area contributed by atoms with Crippen LogP contribution in [0.5, 0.6) is 11.6 Å². The molecule has 25 heavy (non-hydrogen) atoms. The Morgan fingerprint density at radius 2 is 2.04 bits per heavy atom. The number of nitrogen functional groups attached to an aromatic ring is 1. The highest BCUT2D eigenvalue weighted by atomic mass is 16.6. The summed E-state index contributed by atoms with van der Waals surface area (Å²) < 4.78 is 11.0. The molecule has 134 valence electrons. The molecule has 0 saturated carbocycles. The van der Waals surface area contributed by atoms with Crippen LogP contribution in [-0.2, 0) is 4.74 Å². The van der Waals surface area contributed by atoms with Crippen LogP contribution in [0.15, 0.2) is 36.5 Å². The summed E-state index contributed by atoms with van der Waals surface area (Å²) in [6.45, 7) is 8.14. The zero-order chi connectivity index (χ0) is 18.4. The second-order valence-corrected chi connectivity index (χ2v) is 6.40. The van der Waals surface area contributed by atoms with Gasteiger partial charge >= 0.3 is 6.09 Å². The van der Waals surface area contributed by atoms with Gasteiger partial charge in [0.25, 0.3) is 0 Å². The normalized spacial score (nSPS) is 10.9. The highest BCUT2D eigenvalue weighted by Crippen LogP contribution is 2.27. The summed E-state index contributed by atoms with van der Waals surface area (Å²) in [7, 11) is 0. The van der Waals surface area contributed by atoms with Crippen molar-refractivity contribution in [1.82, 2.24) is 4.98 Å². The van der Waals surface area contributed by atoms with Gasteiger partial charge in [-0.2, -0.15) is 0 Å². The maximum Gasteiger partial charge on any atom is 0.412 e. The van der Waals surface area contributed by atoms with Crippen molar-refractivity contribution in [3.05, 3.63) is 36.5 Å². The first-order valence-corrected chi connectivity index (χ1v) is 8.04. The highest BCUT2D eigenvalue weighted by Gasteiger charge is 2.16. The molecule has 0 fully saturated rings. The monoisotopic (exact) mass is 344 g/mol. The molecular formula is C18H24N4O3. The Bertz CT molecular complexity index is 741. The van der Waals surface area contributed by atoms with E-state index in [4.69, 9.17) is 15.2 Å². The van der Waals surface area contributed by atoms with E-state index in [-0.39, 0.29) is 0 Å². The van der Waals surface area contributed by atoms with Crippen molar-refractivity contribution in [1.29, 1.82) is 0 Å². The minimum absolute atomic E-state index is 0.402. The molecule has 1 aromatic carbocycles. The zero-order valence-electron chi connectivity index (χ0n) is 14.9. The van der Waals surface area contributed by atoms with Gasteiger partial charge in [0.2, 0.25) is 5.88 Å². The lowest BCUT2D eigenvalue weighted by Crippen LogP contribution is -2.27. The van der Waals surface area contributed by atoms with E-state index in [1.807, 2.05) is 6.92 Å². The Kier molecular flexibility index (Phi) is 5.69. The molecule has 0 aliphatic heterocycles. The van der Waals surface area contributed by atoms with Gasteiger partial charge in [0.05, 0.1) is 17.6 Å². The summed E-state index contributed by atoms with van der Waals surface area (Å²) in [6, 6.07) is 8.70. The maximum absolute atomic E-state index is 11.8. The minimum atomic E-state index is -0.561. The quantitative estimate of drug-likeness (QED) is 0.750. The van der Waals surface area contributed by atoms with Crippen molar-refractivity contribution in [2.45, 2.75) is 33.3 Å². The van der Waals surface area contributed by atoms with Gasteiger partial charge in [-0.15, -0.1) is 0 Å². The Morgan fingerprint density at radius 1 is 1.28 bits per heavy atom. The second kappa shape index (κ2) is 7.74. The molecular weight excluding hydrogens is 320 g/mol. The molecule has 4 N–H and O–H groups in total. The lowest BCUT2D eigenvalue weighted by atomic mass is 10.2. The summed E-state index contributed by atoms with van der Waals surface area (Å²) in [5, 5.41) is 5.81. The fraction of sp³-hybridized carbons (Fsp3) is 0.333. The predicted octanol–water partition coefficient (Wildman–Crippen LogP) is 4.23.